The summed E-state index contributed by atoms with van der Waals surface area (Å²) in [6.45, 7) is 3.85. The van der Waals surface area contributed by atoms with E-state index in [-0.39, 0.29) is 48.1 Å². The van der Waals surface area contributed by atoms with E-state index >= 15 is 0 Å². The number of aromatic nitrogens is 2. The zero-order chi connectivity index (χ0) is 23.6. The first kappa shape index (κ1) is 23.5. The van der Waals surface area contributed by atoms with E-state index in [4.69, 9.17) is 9.47 Å². The predicted octanol–water partition coefficient (Wildman–Crippen LogP) is 1.49. The summed E-state index contributed by atoms with van der Waals surface area (Å²) in [4.78, 5) is 25.6. The molecule has 3 rings (SSSR count). The summed E-state index contributed by atoms with van der Waals surface area (Å²) in [5, 5.41) is 18.2. The summed E-state index contributed by atoms with van der Waals surface area (Å²) < 4.78 is 37.9. The molecule has 0 atom stereocenters. The number of benzene rings is 1. The third kappa shape index (κ3) is 4.25. The number of methoxy groups -OCH3 is 2. The molecule has 2 aromatic rings. The molecule has 1 amide bonds. The number of ether oxygens (including phenoxy) is 2. The predicted molar refractivity (Wildman–Crippen MR) is 114 cm³/mol. The SMILES string of the molecule is COc1cc(C(=O)N2CCCN(S(=O)(=O)c3c(C)n[nH]c3C)CC2)c([N+](=O)[O-])cc1OC. The average molecular weight is 468 g/mol. The third-order valence-electron chi connectivity index (χ3n) is 5.33. The van der Waals surface area contributed by atoms with E-state index in [1.807, 2.05) is 0 Å². The Morgan fingerprint density at radius 1 is 1.12 bits per heavy atom. The van der Waals surface area contributed by atoms with Crippen molar-refractivity contribution in [2.45, 2.75) is 25.2 Å². The van der Waals surface area contributed by atoms with E-state index in [9.17, 15) is 23.3 Å². The van der Waals surface area contributed by atoms with E-state index in [0.717, 1.165) is 6.07 Å². The highest BCUT2D eigenvalue weighted by atomic mass is 32.2. The molecular weight excluding hydrogens is 442 g/mol. The lowest BCUT2D eigenvalue weighted by atomic mass is 10.1. The van der Waals surface area contributed by atoms with Gasteiger partial charge in [-0.1, -0.05) is 0 Å². The second-order valence-electron chi connectivity index (χ2n) is 7.29. The van der Waals surface area contributed by atoms with Gasteiger partial charge in [0, 0.05) is 32.2 Å². The Hall–Kier alpha value is -3.19. The van der Waals surface area contributed by atoms with Gasteiger partial charge in [-0.05, 0) is 20.3 Å². The van der Waals surface area contributed by atoms with Gasteiger partial charge in [-0.15, -0.1) is 0 Å². The van der Waals surface area contributed by atoms with Crippen LogP contribution in [0.1, 0.15) is 28.2 Å². The summed E-state index contributed by atoms with van der Waals surface area (Å²) >= 11 is 0. The highest BCUT2D eigenvalue weighted by Crippen LogP contribution is 2.35. The Bertz CT molecular complexity index is 1130. The van der Waals surface area contributed by atoms with Crippen LogP contribution in [-0.4, -0.2) is 79.0 Å². The van der Waals surface area contributed by atoms with Crippen molar-refractivity contribution in [1.82, 2.24) is 19.4 Å². The van der Waals surface area contributed by atoms with Crippen LogP contribution in [-0.2, 0) is 10.0 Å². The number of aryl methyl sites for hydroxylation is 2. The van der Waals surface area contributed by atoms with Crippen molar-refractivity contribution in [3.63, 3.8) is 0 Å². The molecule has 1 saturated heterocycles. The van der Waals surface area contributed by atoms with Gasteiger partial charge in [0.25, 0.3) is 11.6 Å². The van der Waals surface area contributed by atoms with Crippen LogP contribution in [0.25, 0.3) is 0 Å². The highest BCUT2D eigenvalue weighted by molar-refractivity contribution is 7.89. The zero-order valence-corrected chi connectivity index (χ0v) is 19.1. The number of amides is 1. The van der Waals surface area contributed by atoms with Crippen LogP contribution in [0.3, 0.4) is 0 Å². The first-order chi connectivity index (χ1) is 15.1. The van der Waals surface area contributed by atoms with Crippen molar-refractivity contribution in [3.05, 3.63) is 39.2 Å². The fourth-order valence-electron chi connectivity index (χ4n) is 3.75. The molecule has 0 saturated carbocycles. The van der Waals surface area contributed by atoms with Crippen LogP contribution < -0.4 is 9.47 Å². The molecule has 0 aliphatic carbocycles. The Kier molecular flexibility index (Phi) is 6.69. The van der Waals surface area contributed by atoms with Crippen molar-refractivity contribution in [2.75, 3.05) is 40.4 Å². The van der Waals surface area contributed by atoms with Crippen LogP contribution in [0.5, 0.6) is 11.5 Å². The fraction of sp³-hybridized carbons (Fsp3) is 0.474. The number of carbonyl (C=O) groups excluding carboxylic acids is 1. The summed E-state index contributed by atoms with van der Waals surface area (Å²) in [6.07, 6.45) is 0.377. The fourth-order valence-corrected chi connectivity index (χ4v) is 5.55. The molecule has 0 bridgehead atoms. The number of hydrogen-bond acceptors (Lipinski definition) is 8. The molecule has 0 spiro atoms. The van der Waals surface area contributed by atoms with Crippen LogP contribution in [0.15, 0.2) is 17.0 Å². The number of nitrogens with zero attached hydrogens (tertiary/aromatic N) is 4. The number of carbonyl (C=O) groups is 1. The smallest absolute Gasteiger partial charge is 0.286 e. The first-order valence-corrected chi connectivity index (χ1v) is 11.3. The molecule has 13 heteroatoms. The molecule has 1 aliphatic heterocycles. The van der Waals surface area contributed by atoms with Crippen molar-refractivity contribution < 1.29 is 27.6 Å². The molecule has 32 heavy (non-hydrogen) atoms. The number of H-pyrrole nitrogens is 1. The Morgan fingerprint density at radius 2 is 1.78 bits per heavy atom. The minimum Gasteiger partial charge on any atom is -0.493 e. The Balaban J connectivity index is 1.87. The maximum Gasteiger partial charge on any atom is 0.286 e. The molecule has 0 unspecified atom stereocenters. The molecule has 1 fully saturated rings. The lowest BCUT2D eigenvalue weighted by Crippen LogP contribution is -2.37. The van der Waals surface area contributed by atoms with Gasteiger partial charge in [-0.3, -0.25) is 20.0 Å². The highest BCUT2D eigenvalue weighted by Gasteiger charge is 2.34. The molecule has 12 nitrogen and oxygen atoms in total. The number of nitrogens with one attached hydrogen (secondary N) is 1. The molecule has 1 aliphatic rings. The maximum atomic E-state index is 13.2. The summed E-state index contributed by atoms with van der Waals surface area (Å²) in [6, 6.07) is 2.42. The summed E-state index contributed by atoms with van der Waals surface area (Å²) in [7, 11) is -1.09. The Morgan fingerprint density at radius 3 is 2.34 bits per heavy atom. The van der Waals surface area contributed by atoms with Crippen molar-refractivity contribution in [3.8, 4) is 11.5 Å². The topological polar surface area (TPSA) is 148 Å². The van der Waals surface area contributed by atoms with Crippen LogP contribution in [0.2, 0.25) is 0 Å². The van der Waals surface area contributed by atoms with E-state index in [1.54, 1.807) is 13.8 Å². The van der Waals surface area contributed by atoms with Crippen LogP contribution >= 0.6 is 0 Å². The monoisotopic (exact) mass is 467 g/mol. The molecule has 1 aromatic heterocycles. The zero-order valence-electron chi connectivity index (χ0n) is 18.2. The van der Waals surface area contributed by atoms with Gasteiger partial charge in [0.05, 0.1) is 36.6 Å². The van der Waals surface area contributed by atoms with Crippen molar-refractivity contribution >= 4 is 21.6 Å². The summed E-state index contributed by atoms with van der Waals surface area (Å²) in [5.74, 6) is -0.256. The molecule has 174 valence electrons. The minimum atomic E-state index is -3.80. The second kappa shape index (κ2) is 9.12. The van der Waals surface area contributed by atoms with Gasteiger partial charge in [-0.25, -0.2) is 8.42 Å². The van der Waals surface area contributed by atoms with Crippen LogP contribution in [0.4, 0.5) is 5.69 Å². The standard InChI is InChI=1S/C19H25N5O7S/c1-12-18(13(2)21-20-12)32(28,29)23-7-5-6-22(8-9-23)19(25)14-10-16(30-3)17(31-4)11-15(14)24(26)27/h10-11H,5-9H2,1-4H3,(H,20,21). The van der Waals surface area contributed by atoms with Gasteiger partial charge >= 0.3 is 0 Å². The normalized spacial score (nSPS) is 15.3. The second-order valence-corrected chi connectivity index (χ2v) is 9.17. The van der Waals surface area contributed by atoms with Crippen LogP contribution in [0, 0.1) is 24.0 Å². The number of rotatable bonds is 6. The van der Waals surface area contributed by atoms with Gasteiger partial charge < -0.3 is 14.4 Å². The van der Waals surface area contributed by atoms with E-state index in [1.165, 1.54) is 29.5 Å². The van der Waals surface area contributed by atoms with Gasteiger partial charge in [0.2, 0.25) is 10.0 Å². The Labute approximate surface area is 185 Å². The van der Waals surface area contributed by atoms with E-state index < -0.39 is 26.5 Å². The van der Waals surface area contributed by atoms with Gasteiger partial charge in [0.1, 0.15) is 10.5 Å². The molecule has 0 radical (unpaired) electrons. The van der Waals surface area contributed by atoms with E-state index in [2.05, 4.69) is 10.2 Å². The molecule has 1 aromatic carbocycles. The number of nitro groups is 1. The molecule has 1 N–H and O–H groups in total. The minimum absolute atomic E-state index is 0.0548. The number of hydrogen-bond donors (Lipinski definition) is 1. The first-order valence-electron chi connectivity index (χ1n) is 9.83. The number of sulfonamides is 1. The lowest BCUT2D eigenvalue weighted by Gasteiger charge is -2.22. The average Bonchev–Trinajstić information content (AvgIpc) is 2.95. The quantitative estimate of drug-likeness (QED) is 0.496. The maximum absolute atomic E-state index is 13.2. The van der Waals surface area contributed by atoms with Crippen molar-refractivity contribution in [2.24, 2.45) is 0 Å². The van der Waals surface area contributed by atoms with Gasteiger partial charge in [-0.2, -0.15) is 9.40 Å². The molecule has 2 heterocycles. The van der Waals surface area contributed by atoms with E-state index in [0.29, 0.717) is 17.8 Å². The summed E-state index contributed by atoms with van der Waals surface area (Å²) in [5.41, 5.74) is 0.262. The number of nitro benzene ring substituents is 1. The largest absolute Gasteiger partial charge is 0.493 e. The van der Waals surface area contributed by atoms with Crippen molar-refractivity contribution in [1.29, 1.82) is 0 Å². The third-order valence-corrected chi connectivity index (χ3v) is 7.49. The molecular formula is C19H25N5O7S. The number of aromatic amines is 1. The lowest BCUT2D eigenvalue weighted by molar-refractivity contribution is -0.385. The van der Waals surface area contributed by atoms with Gasteiger partial charge in [0.15, 0.2) is 11.5 Å².